The van der Waals surface area contributed by atoms with Crippen molar-refractivity contribution in [2.75, 3.05) is 5.32 Å². The smallest absolute Gasteiger partial charge is 0.257 e. The molecule has 0 aromatic heterocycles. The number of guanidine groups is 1. The summed E-state index contributed by atoms with van der Waals surface area (Å²) in [5.41, 5.74) is 2.79. The van der Waals surface area contributed by atoms with Gasteiger partial charge in [0.2, 0.25) is 5.96 Å². The van der Waals surface area contributed by atoms with Crippen molar-refractivity contribution in [3.63, 3.8) is 0 Å². The first-order valence-electron chi connectivity index (χ1n) is 9.82. The van der Waals surface area contributed by atoms with Gasteiger partial charge in [-0.1, -0.05) is 89.4 Å². The number of benzene rings is 3. The molecule has 1 amide bonds. The molecule has 3 aromatic rings. The summed E-state index contributed by atoms with van der Waals surface area (Å²) in [5, 5.41) is 6.68. The monoisotopic (exact) mass is 481 g/mol. The molecule has 2 N–H and O–H groups in total. The van der Waals surface area contributed by atoms with E-state index in [1.807, 2.05) is 42.5 Å². The number of hydrogen-bond donors (Lipinski definition) is 2. The largest absolute Gasteiger partial charge is 0.326 e. The number of carbonyl (C=O) groups excluding carboxylic acids is 1. The van der Waals surface area contributed by atoms with Crippen molar-refractivity contribution in [2.24, 2.45) is 4.99 Å². The molecule has 4 rings (SSSR count). The van der Waals surface area contributed by atoms with Crippen LogP contribution >= 0.6 is 34.8 Å². The van der Waals surface area contributed by atoms with E-state index in [0.717, 1.165) is 5.69 Å². The van der Waals surface area contributed by atoms with Crippen molar-refractivity contribution >= 4 is 58.0 Å². The Morgan fingerprint density at radius 3 is 2.19 bits per heavy atom. The molecule has 0 spiro atoms. The van der Waals surface area contributed by atoms with Crippen molar-refractivity contribution in [3.05, 3.63) is 117 Å². The molecule has 4 nitrogen and oxygen atoms in total. The normalized spacial score (nSPS) is 13.4. The van der Waals surface area contributed by atoms with E-state index < -0.39 is 0 Å². The lowest BCUT2D eigenvalue weighted by Gasteiger charge is -2.14. The fraction of sp³-hybridized carbons (Fsp3) is 0.0400. The van der Waals surface area contributed by atoms with Crippen LogP contribution in [0.5, 0.6) is 0 Å². The number of anilines is 1. The molecule has 0 bridgehead atoms. The van der Waals surface area contributed by atoms with E-state index in [4.69, 9.17) is 34.8 Å². The van der Waals surface area contributed by atoms with E-state index in [9.17, 15) is 4.79 Å². The van der Waals surface area contributed by atoms with Crippen LogP contribution in [0.15, 0.2) is 96.0 Å². The number of amides is 1. The Labute approximate surface area is 201 Å². The molecule has 0 heterocycles. The Hall–Kier alpha value is -3.05. The zero-order valence-electron chi connectivity index (χ0n) is 16.7. The quantitative estimate of drug-likeness (QED) is 0.231. The van der Waals surface area contributed by atoms with Crippen molar-refractivity contribution in [3.8, 4) is 0 Å². The standard InChI is InChI=1S/C25H18Cl3N3O/c26-20-14-15-21(23(28)22(20)27)30-25(31-24(32)18-8-2-1-3-9-18)29-19-12-10-17(11-13-19)16-6-4-5-7-16/h1-16H,(H2,29,30,31,32). The number of carbonyl (C=O) groups is 1. The Morgan fingerprint density at radius 1 is 0.812 bits per heavy atom. The summed E-state index contributed by atoms with van der Waals surface area (Å²) in [7, 11) is 0. The molecule has 32 heavy (non-hydrogen) atoms. The van der Waals surface area contributed by atoms with Gasteiger partial charge < -0.3 is 5.32 Å². The van der Waals surface area contributed by atoms with Crippen LogP contribution in [0.2, 0.25) is 15.1 Å². The average molecular weight is 483 g/mol. The number of halogens is 3. The molecular formula is C25H18Cl3N3O. The maximum Gasteiger partial charge on any atom is 0.257 e. The third-order valence-electron chi connectivity index (χ3n) is 4.82. The SMILES string of the molecule is O=C(NC(=Nc1ccc(Cl)c(Cl)c1Cl)Nc1ccc(C2C=CC=C2)cc1)c1ccccc1. The predicted octanol–water partition coefficient (Wildman–Crippen LogP) is 7.39. The number of nitrogens with one attached hydrogen (secondary N) is 2. The summed E-state index contributed by atoms with van der Waals surface area (Å²) in [5.74, 6) is 0.156. The van der Waals surface area contributed by atoms with Crippen LogP contribution in [0.4, 0.5) is 11.4 Å². The second-order valence-electron chi connectivity index (χ2n) is 7.02. The fourth-order valence-corrected chi connectivity index (χ4v) is 3.73. The van der Waals surface area contributed by atoms with Gasteiger partial charge in [0.25, 0.3) is 5.91 Å². The molecule has 1 aliphatic carbocycles. The molecule has 0 fully saturated rings. The number of aliphatic imine (C=N–C) groups is 1. The topological polar surface area (TPSA) is 53.5 Å². The van der Waals surface area contributed by atoms with E-state index in [1.165, 1.54) is 5.56 Å². The van der Waals surface area contributed by atoms with Gasteiger partial charge in [-0.2, -0.15) is 0 Å². The van der Waals surface area contributed by atoms with Crippen molar-refractivity contribution in [1.29, 1.82) is 0 Å². The van der Waals surface area contributed by atoms with Crippen LogP contribution in [-0.4, -0.2) is 11.9 Å². The van der Waals surface area contributed by atoms with E-state index in [-0.39, 0.29) is 27.8 Å². The molecule has 7 heteroatoms. The minimum Gasteiger partial charge on any atom is -0.326 e. The van der Waals surface area contributed by atoms with Gasteiger partial charge in [0.05, 0.1) is 20.8 Å². The van der Waals surface area contributed by atoms with Gasteiger partial charge in [-0.25, -0.2) is 4.99 Å². The average Bonchev–Trinajstić information content (AvgIpc) is 3.35. The highest BCUT2D eigenvalue weighted by Crippen LogP contribution is 2.37. The molecule has 0 radical (unpaired) electrons. The van der Waals surface area contributed by atoms with E-state index in [1.54, 1.807) is 36.4 Å². The van der Waals surface area contributed by atoms with E-state index >= 15 is 0 Å². The maximum absolute atomic E-state index is 12.7. The first-order valence-corrected chi connectivity index (χ1v) is 11.0. The zero-order valence-corrected chi connectivity index (χ0v) is 19.0. The number of rotatable bonds is 4. The molecule has 0 aliphatic heterocycles. The molecule has 0 saturated heterocycles. The Morgan fingerprint density at radius 2 is 1.50 bits per heavy atom. The lowest BCUT2D eigenvalue weighted by Crippen LogP contribution is -2.35. The highest BCUT2D eigenvalue weighted by Gasteiger charge is 2.13. The van der Waals surface area contributed by atoms with Gasteiger partial charge >= 0.3 is 0 Å². The molecule has 1 aliphatic rings. The van der Waals surface area contributed by atoms with Gasteiger partial charge in [0, 0.05) is 17.2 Å². The Balaban J connectivity index is 1.62. The summed E-state index contributed by atoms with van der Waals surface area (Å²) < 4.78 is 0. The molecule has 160 valence electrons. The summed E-state index contributed by atoms with van der Waals surface area (Å²) >= 11 is 18.5. The summed E-state index contributed by atoms with van der Waals surface area (Å²) in [6, 6.07) is 20.0. The van der Waals surface area contributed by atoms with E-state index in [2.05, 4.69) is 27.8 Å². The third kappa shape index (κ3) is 5.22. The predicted molar refractivity (Wildman–Crippen MR) is 134 cm³/mol. The minimum atomic E-state index is -0.314. The first-order chi connectivity index (χ1) is 15.5. The third-order valence-corrected chi connectivity index (χ3v) is 6.10. The van der Waals surface area contributed by atoms with Gasteiger partial charge in [0.1, 0.15) is 0 Å². The zero-order chi connectivity index (χ0) is 22.5. The second kappa shape index (κ2) is 10.0. The minimum absolute atomic E-state index is 0.197. The summed E-state index contributed by atoms with van der Waals surface area (Å²) in [6.45, 7) is 0. The molecule has 0 atom stereocenters. The van der Waals surface area contributed by atoms with Crippen LogP contribution in [0, 0.1) is 0 Å². The Bertz CT molecular complexity index is 1210. The Kier molecular flexibility index (Phi) is 6.96. The van der Waals surface area contributed by atoms with Crippen LogP contribution in [-0.2, 0) is 0 Å². The van der Waals surface area contributed by atoms with Crippen molar-refractivity contribution in [1.82, 2.24) is 5.32 Å². The first kappa shape index (κ1) is 22.2. The van der Waals surface area contributed by atoms with Gasteiger partial charge in [-0.3, -0.25) is 10.1 Å². The summed E-state index contributed by atoms with van der Waals surface area (Å²) in [6.07, 6.45) is 8.31. The van der Waals surface area contributed by atoms with Crippen LogP contribution in [0.1, 0.15) is 21.8 Å². The second-order valence-corrected chi connectivity index (χ2v) is 8.18. The van der Waals surface area contributed by atoms with Gasteiger partial charge in [-0.05, 0) is 42.0 Å². The van der Waals surface area contributed by atoms with Gasteiger partial charge in [0.15, 0.2) is 0 Å². The van der Waals surface area contributed by atoms with Gasteiger partial charge in [-0.15, -0.1) is 0 Å². The highest BCUT2D eigenvalue weighted by atomic mass is 35.5. The summed E-state index contributed by atoms with van der Waals surface area (Å²) in [4.78, 5) is 17.2. The molecule has 3 aromatic carbocycles. The van der Waals surface area contributed by atoms with Crippen molar-refractivity contribution in [2.45, 2.75) is 5.92 Å². The molecule has 0 saturated carbocycles. The fourth-order valence-electron chi connectivity index (χ4n) is 3.16. The van der Waals surface area contributed by atoms with Crippen LogP contribution < -0.4 is 10.6 Å². The number of hydrogen-bond acceptors (Lipinski definition) is 2. The van der Waals surface area contributed by atoms with Crippen LogP contribution in [0.25, 0.3) is 0 Å². The lowest BCUT2D eigenvalue weighted by molar-refractivity contribution is 0.0977. The van der Waals surface area contributed by atoms with Crippen LogP contribution in [0.3, 0.4) is 0 Å². The molecular weight excluding hydrogens is 465 g/mol. The molecule has 0 unspecified atom stereocenters. The van der Waals surface area contributed by atoms with Crippen molar-refractivity contribution < 1.29 is 4.79 Å². The lowest BCUT2D eigenvalue weighted by atomic mass is 10.0. The maximum atomic E-state index is 12.7. The highest BCUT2D eigenvalue weighted by molar-refractivity contribution is 6.49. The number of allylic oxidation sites excluding steroid dienone is 4. The van der Waals surface area contributed by atoms with E-state index in [0.29, 0.717) is 16.3 Å². The number of nitrogens with zero attached hydrogens (tertiary/aromatic N) is 1.